The van der Waals surface area contributed by atoms with Gasteiger partial charge in [-0.1, -0.05) is 12.1 Å². The third-order valence-corrected chi connectivity index (χ3v) is 4.13. The number of furan rings is 1. The molecule has 1 aliphatic rings. The summed E-state index contributed by atoms with van der Waals surface area (Å²) in [4.78, 5) is 13.7. The van der Waals surface area contributed by atoms with Crippen LogP contribution >= 0.6 is 0 Å². The molecule has 0 unspecified atom stereocenters. The molecule has 116 valence electrons. The number of hydrogen-bond donors (Lipinski definition) is 1. The van der Waals surface area contributed by atoms with E-state index in [4.69, 9.17) is 4.42 Å². The lowest BCUT2D eigenvalue weighted by Crippen LogP contribution is -2.24. The van der Waals surface area contributed by atoms with Crippen molar-refractivity contribution in [3.63, 3.8) is 0 Å². The van der Waals surface area contributed by atoms with E-state index in [1.165, 1.54) is 5.56 Å². The SMILES string of the molecule is Cc1ccc(CN[C@@H](C)c2cccc(N3CCCC3=O)c2)o1. The zero-order chi connectivity index (χ0) is 15.5. The number of amides is 1. The fourth-order valence-electron chi connectivity index (χ4n) is 2.83. The molecule has 2 aromatic rings. The third kappa shape index (κ3) is 3.22. The Labute approximate surface area is 131 Å². The van der Waals surface area contributed by atoms with Crippen LogP contribution < -0.4 is 10.2 Å². The van der Waals surface area contributed by atoms with Gasteiger partial charge in [0.1, 0.15) is 11.5 Å². The lowest BCUT2D eigenvalue weighted by atomic mass is 10.1. The second-order valence-electron chi connectivity index (χ2n) is 5.86. The number of hydrogen-bond acceptors (Lipinski definition) is 3. The molecule has 0 spiro atoms. The summed E-state index contributed by atoms with van der Waals surface area (Å²) in [6.45, 7) is 5.60. The molecule has 0 bridgehead atoms. The van der Waals surface area contributed by atoms with Gasteiger partial charge in [-0.2, -0.15) is 0 Å². The van der Waals surface area contributed by atoms with Crippen LogP contribution in [0.4, 0.5) is 5.69 Å². The van der Waals surface area contributed by atoms with Gasteiger partial charge in [-0.15, -0.1) is 0 Å². The molecule has 0 saturated carbocycles. The van der Waals surface area contributed by atoms with E-state index in [0.29, 0.717) is 13.0 Å². The van der Waals surface area contributed by atoms with Crippen LogP contribution in [0.3, 0.4) is 0 Å². The Hall–Kier alpha value is -2.07. The van der Waals surface area contributed by atoms with E-state index in [2.05, 4.69) is 24.4 Å². The van der Waals surface area contributed by atoms with Gasteiger partial charge in [0.15, 0.2) is 0 Å². The van der Waals surface area contributed by atoms with E-state index in [-0.39, 0.29) is 11.9 Å². The van der Waals surface area contributed by atoms with Crippen molar-refractivity contribution < 1.29 is 9.21 Å². The fourth-order valence-corrected chi connectivity index (χ4v) is 2.83. The minimum Gasteiger partial charge on any atom is -0.465 e. The van der Waals surface area contributed by atoms with Crippen molar-refractivity contribution >= 4 is 11.6 Å². The molecular weight excluding hydrogens is 276 g/mol. The molecule has 1 fully saturated rings. The van der Waals surface area contributed by atoms with Gasteiger partial charge in [-0.05, 0) is 50.1 Å². The van der Waals surface area contributed by atoms with Gasteiger partial charge in [-0.25, -0.2) is 0 Å². The first-order valence-corrected chi connectivity index (χ1v) is 7.82. The number of carbonyl (C=O) groups excluding carboxylic acids is 1. The Morgan fingerprint density at radius 2 is 2.18 bits per heavy atom. The topological polar surface area (TPSA) is 45.5 Å². The molecule has 1 aromatic carbocycles. The molecule has 1 aliphatic heterocycles. The smallest absolute Gasteiger partial charge is 0.227 e. The number of anilines is 1. The molecule has 4 nitrogen and oxygen atoms in total. The summed E-state index contributed by atoms with van der Waals surface area (Å²) in [6, 6.07) is 12.4. The molecular formula is C18H22N2O2. The van der Waals surface area contributed by atoms with Crippen molar-refractivity contribution in [1.82, 2.24) is 5.32 Å². The van der Waals surface area contributed by atoms with Crippen LogP contribution in [0.2, 0.25) is 0 Å². The van der Waals surface area contributed by atoms with Crippen LogP contribution in [-0.2, 0) is 11.3 Å². The average Bonchev–Trinajstić information content (AvgIpc) is 3.13. The van der Waals surface area contributed by atoms with Gasteiger partial charge in [0, 0.05) is 24.7 Å². The number of rotatable bonds is 5. The highest BCUT2D eigenvalue weighted by molar-refractivity contribution is 5.95. The minimum absolute atomic E-state index is 0.197. The van der Waals surface area contributed by atoms with Gasteiger partial charge in [0.2, 0.25) is 5.91 Å². The average molecular weight is 298 g/mol. The molecule has 1 aromatic heterocycles. The molecule has 2 heterocycles. The van der Waals surface area contributed by atoms with E-state index in [0.717, 1.165) is 30.2 Å². The Morgan fingerprint density at radius 3 is 2.86 bits per heavy atom. The van der Waals surface area contributed by atoms with E-state index in [9.17, 15) is 4.79 Å². The molecule has 1 N–H and O–H groups in total. The predicted octanol–water partition coefficient (Wildman–Crippen LogP) is 3.57. The van der Waals surface area contributed by atoms with Crippen molar-refractivity contribution in [2.75, 3.05) is 11.4 Å². The van der Waals surface area contributed by atoms with E-state index < -0.39 is 0 Å². The first-order chi connectivity index (χ1) is 10.6. The number of carbonyl (C=O) groups is 1. The Kier molecular flexibility index (Phi) is 4.29. The molecule has 4 heteroatoms. The molecule has 0 aliphatic carbocycles. The van der Waals surface area contributed by atoms with Crippen molar-refractivity contribution in [2.24, 2.45) is 0 Å². The number of nitrogens with zero attached hydrogens (tertiary/aromatic N) is 1. The van der Waals surface area contributed by atoms with Gasteiger partial charge < -0.3 is 14.6 Å². The third-order valence-electron chi connectivity index (χ3n) is 4.13. The van der Waals surface area contributed by atoms with Gasteiger partial charge in [0.25, 0.3) is 0 Å². The number of benzene rings is 1. The molecule has 1 amide bonds. The summed E-state index contributed by atoms with van der Waals surface area (Å²) >= 11 is 0. The lowest BCUT2D eigenvalue weighted by Gasteiger charge is -2.19. The van der Waals surface area contributed by atoms with Crippen LogP contribution in [0.5, 0.6) is 0 Å². The maximum Gasteiger partial charge on any atom is 0.227 e. The van der Waals surface area contributed by atoms with Gasteiger partial charge in [0.05, 0.1) is 6.54 Å². The summed E-state index contributed by atoms with van der Waals surface area (Å²) in [5, 5.41) is 3.46. The first kappa shape index (κ1) is 14.9. The first-order valence-electron chi connectivity index (χ1n) is 7.82. The highest BCUT2D eigenvalue weighted by Crippen LogP contribution is 2.25. The maximum absolute atomic E-state index is 11.9. The highest BCUT2D eigenvalue weighted by Gasteiger charge is 2.22. The van der Waals surface area contributed by atoms with Crippen molar-refractivity contribution in [2.45, 2.75) is 39.3 Å². The molecule has 0 radical (unpaired) electrons. The van der Waals surface area contributed by atoms with Crippen molar-refractivity contribution in [3.8, 4) is 0 Å². The van der Waals surface area contributed by atoms with Gasteiger partial charge in [-0.3, -0.25) is 4.79 Å². The van der Waals surface area contributed by atoms with E-state index >= 15 is 0 Å². The quantitative estimate of drug-likeness (QED) is 0.918. The van der Waals surface area contributed by atoms with Crippen LogP contribution in [0.15, 0.2) is 40.8 Å². The summed E-state index contributed by atoms with van der Waals surface area (Å²) in [5.41, 5.74) is 2.18. The second kappa shape index (κ2) is 6.36. The molecule has 1 saturated heterocycles. The summed E-state index contributed by atoms with van der Waals surface area (Å²) in [7, 11) is 0. The van der Waals surface area contributed by atoms with Crippen LogP contribution in [0, 0.1) is 6.92 Å². The zero-order valence-electron chi connectivity index (χ0n) is 13.1. The largest absolute Gasteiger partial charge is 0.465 e. The molecule has 1 atom stereocenters. The number of nitrogens with one attached hydrogen (secondary N) is 1. The fraction of sp³-hybridized carbons (Fsp3) is 0.389. The van der Waals surface area contributed by atoms with Crippen LogP contribution in [0.25, 0.3) is 0 Å². The summed E-state index contributed by atoms with van der Waals surface area (Å²) < 4.78 is 5.57. The lowest BCUT2D eigenvalue weighted by molar-refractivity contribution is -0.117. The van der Waals surface area contributed by atoms with Crippen LogP contribution in [0.1, 0.15) is 42.9 Å². The van der Waals surface area contributed by atoms with E-state index in [1.54, 1.807) is 0 Å². The maximum atomic E-state index is 11.9. The summed E-state index contributed by atoms with van der Waals surface area (Å²) in [6.07, 6.45) is 1.62. The van der Waals surface area contributed by atoms with Crippen molar-refractivity contribution in [3.05, 3.63) is 53.5 Å². The zero-order valence-corrected chi connectivity index (χ0v) is 13.1. The van der Waals surface area contributed by atoms with Gasteiger partial charge >= 0.3 is 0 Å². The monoisotopic (exact) mass is 298 g/mol. The minimum atomic E-state index is 0.197. The Morgan fingerprint density at radius 1 is 1.32 bits per heavy atom. The standard InChI is InChI=1S/C18H22N2O2/c1-13-8-9-17(22-13)12-19-14(2)15-5-3-6-16(11-15)20-10-4-7-18(20)21/h3,5-6,8-9,11,14,19H,4,7,10,12H2,1-2H3/t14-/m0/s1. The Balaban J connectivity index is 1.67. The van der Waals surface area contributed by atoms with Crippen molar-refractivity contribution in [1.29, 1.82) is 0 Å². The second-order valence-corrected chi connectivity index (χ2v) is 5.86. The van der Waals surface area contributed by atoms with Crippen LogP contribution in [-0.4, -0.2) is 12.5 Å². The molecule has 3 rings (SSSR count). The summed E-state index contributed by atoms with van der Waals surface area (Å²) in [5.74, 6) is 2.10. The molecule has 22 heavy (non-hydrogen) atoms. The Bertz CT molecular complexity index is 663. The highest BCUT2D eigenvalue weighted by atomic mass is 16.3. The predicted molar refractivity (Wildman–Crippen MR) is 86.7 cm³/mol. The number of aryl methyl sites for hydroxylation is 1. The van der Waals surface area contributed by atoms with E-state index in [1.807, 2.05) is 36.1 Å². The normalized spacial score (nSPS) is 16.3.